The third kappa shape index (κ3) is 21.1. The summed E-state index contributed by atoms with van der Waals surface area (Å²) in [5, 5.41) is 161. The second-order valence-corrected chi connectivity index (χ2v) is 33.5. The van der Waals surface area contributed by atoms with Crippen LogP contribution in [0.1, 0.15) is 147 Å². The number of aliphatic hydroxyl groups excluding tert-OH is 7. The van der Waals surface area contributed by atoms with Crippen molar-refractivity contribution in [3.05, 3.63) is 164 Å². The predicted octanol–water partition coefficient (Wildman–Crippen LogP) is 4.17. The van der Waals surface area contributed by atoms with Gasteiger partial charge in [0.1, 0.15) is 131 Å². The molecular weight excluding hydrogens is 1720 g/mol. The molecule has 0 aliphatic carbocycles. The number of benzene rings is 7. The first-order valence-electron chi connectivity index (χ1n) is 41.5. The number of hydrogen-bond acceptors (Lipinski definition) is 29. The van der Waals surface area contributed by atoms with Gasteiger partial charge in [0.05, 0.1) is 16.7 Å². The molecule has 8 aliphatic heterocycles. The van der Waals surface area contributed by atoms with Crippen LogP contribution >= 0.6 is 23.2 Å². The van der Waals surface area contributed by atoms with E-state index < -0.39 is 271 Å². The number of likely N-dealkylation sites (N-methyl/N-ethyl adjacent to an activating group) is 1. The summed E-state index contributed by atoms with van der Waals surface area (Å²) in [6, 6.07) is 5.68. The molecule has 0 aromatic heterocycles. The summed E-state index contributed by atoms with van der Waals surface area (Å²) >= 11 is 14.3. The van der Waals surface area contributed by atoms with Crippen LogP contribution in [0.4, 0.5) is 0 Å². The minimum absolute atomic E-state index is 0.0943. The van der Waals surface area contributed by atoms with E-state index in [1.807, 2.05) is 0 Å². The molecule has 40 heteroatoms. The monoisotopic (exact) mass is 1810 g/mol. The molecule has 0 saturated carbocycles. The highest BCUT2D eigenvalue weighted by Gasteiger charge is 2.52. The van der Waals surface area contributed by atoms with Crippen molar-refractivity contribution in [2.24, 2.45) is 5.92 Å². The first-order chi connectivity index (χ1) is 61.1. The van der Waals surface area contributed by atoms with Gasteiger partial charge in [0, 0.05) is 48.2 Å². The Hall–Kier alpha value is -11.9. The molecule has 7 aromatic carbocycles. The quantitative estimate of drug-likeness (QED) is 0.0423. The smallest absolute Gasteiger partial charge is 0.335 e. The highest BCUT2D eigenvalue weighted by atomic mass is 35.5. The van der Waals surface area contributed by atoms with Crippen molar-refractivity contribution in [1.82, 2.24) is 52.8 Å². The second kappa shape index (κ2) is 40.6. The number of amides is 8. The summed E-state index contributed by atoms with van der Waals surface area (Å²) in [7, 11) is 4.95. The lowest BCUT2D eigenvalue weighted by atomic mass is 9.89. The van der Waals surface area contributed by atoms with E-state index in [0.29, 0.717) is 30.9 Å². The van der Waals surface area contributed by atoms with Crippen LogP contribution in [0, 0.1) is 5.92 Å². The average molecular weight is 1820 g/mol. The summed E-state index contributed by atoms with van der Waals surface area (Å²) in [6.07, 6.45) is -15.8. The van der Waals surface area contributed by atoms with Crippen LogP contribution in [0.2, 0.25) is 10.0 Å². The lowest BCUT2D eigenvalue weighted by molar-refractivity contribution is -0.277. The number of ether oxygens (including phenoxy) is 7. The number of aliphatic hydroxyl groups is 7. The van der Waals surface area contributed by atoms with E-state index in [1.165, 1.54) is 49.5 Å². The Morgan fingerprint density at radius 3 is 1.91 bits per heavy atom. The summed E-state index contributed by atoms with van der Waals surface area (Å²) < 4.78 is 44.5. The van der Waals surface area contributed by atoms with Crippen LogP contribution in [-0.4, -0.2) is 234 Å². The van der Waals surface area contributed by atoms with Crippen LogP contribution in [0.5, 0.6) is 69.0 Å². The van der Waals surface area contributed by atoms with Gasteiger partial charge in [0.2, 0.25) is 65.6 Å². The molecule has 684 valence electrons. The Morgan fingerprint density at radius 1 is 0.562 bits per heavy atom. The van der Waals surface area contributed by atoms with Gasteiger partial charge in [0.25, 0.3) is 0 Å². The van der Waals surface area contributed by atoms with E-state index in [1.54, 1.807) is 19.0 Å². The van der Waals surface area contributed by atoms with Crippen molar-refractivity contribution < 1.29 is 138 Å². The highest BCUT2D eigenvalue weighted by Crippen LogP contribution is 2.51. The lowest BCUT2D eigenvalue weighted by Gasteiger charge is -2.41. The molecular formula is C88H100Cl2N10O28. The van der Waals surface area contributed by atoms with Crippen LogP contribution < -0.4 is 71.5 Å². The molecule has 2 fully saturated rings. The molecule has 7 aromatic rings. The van der Waals surface area contributed by atoms with Crippen LogP contribution in [0.3, 0.4) is 0 Å². The number of carboxylic acid groups (broad SMARTS) is 1. The third-order valence-electron chi connectivity index (χ3n) is 22.7. The maximum atomic E-state index is 16.8. The Bertz CT molecular complexity index is 5340. The van der Waals surface area contributed by atoms with Gasteiger partial charge in [-0.1, -0.05) is 106 Å². The number of phenolic OH excluding ortho intramolecular Hbond substituents is 4. The van der Waals surface area contributed by atoms with E-state index in [-0.39, 0.29) is 47.8 Å². The molecule has 21 N–H and O–H groups in total. The van der Waals surface area contributed by atoms with Gasteiger partial charge < -0.3 is 147 Å². The molecule has 8 amide bonds. The summed E-state index contributed by atoms with van der Waals surface area (Å²) in [6.45, 7) is 3.61. The summed E-state index contributed by atoms with van der Waals surface area (Å²) in [5.41, 5.74) is -2.68. The van der Waals surface area contributed by atoms with Gasteiger partial charge in [-0.05, 0) is 153 Å². The van der Waals surface area contributed by atoms with E-state index in [2.05, 4.69) is 61.7 Å². The fourth-order valence-electron chi connectivity index (χ4n) is 15.9. The zero-order valence-corrected chi connectivity index (χ0v) is 71.2. The van der Waals surface area contributed by atoms with Crippen LogP contribution in [-0.2, 0) is 59.0 Å². The molecule has 18 atom stereocenters. The first kappa shape index (κ1) is 93.7. The number of unbranched alkanes of at least 4 members (excludes halogenated alkanes) is 5. The molecule has 8 heterocycles. The average Bonchev–Trinajstić information content (AvgIpc) is 0.755. The number of halogens is 2. The lowest BCUT2D eigenvalue weighted by Crippen LogP contribution is -2.66. The minimum Gasteiger partial charge on any atom is -0.508 e. The van der Waals surface area contributed by atoms with E-state index in [0.717, 1.165) is 105 Å². The molecule has 128 heavy (non-hydrogen) atoms. The Balaban J connectivity index is 1.04. The van der Waals surface area contributed by atoms with Crippen molar-refractivity contribution in [3.8, 4) is 80.1 Å². The Morgan fingerprint density at radius 2 is 1.21 bits per heavy atom. The number of nitrogens with zero attached hydrogens (tertiary/aromatic N) is 1. The fourth-order valence-corrected chi connectivity index (χ4v) is 16.4. The van der Waals surface area contributed by atoms with Gasteiger partial charge in [-0.3, -0.25) is 38.4 Å². The van der Waals surface area contributed by atoms with Crippen molar-refractivity contribution in [2.45, 2.75) is 188 Å². The van der Waals surface area contributed by atoms with E-state index >= 15 is 28.8 Å². The van der Waals surface area contributed by atoms with Gasteiger partial charge in [-0.25, -0.2) is 4.79 Å². The zero-order chi connectivity index (χ0) is 92.0. The number of aliphatic carboxylic acids is 1. The van der Waals surface area contributed by atoms with Crippen LogP contribution in [0.25, 0.3) is 11.1 Å². The molecule has 8 aliphatic rings. The standard InChI is InChI=1S/C88H100Cl2N10O28/c1-38(2)13-10-8-6-7-9-11-14-61(106)94-70-73(109)75(111)78(86(120)121)128-87(70)127-77-58-31-43-32-59(77)124-55-24-19-42(29-50(55)89)71(107)69-85(119)98-67(80(114)92-25-12-26-100(4)5)48-33-44(102)34-57(125-88-76(112)74(110)72(108)60(37-101)126-88)62(48)47-28-40(17-22-52(47)103)65(82(116)99-69)95-83(117)66(43)96-84(118)68-49-35-46(36-54(105)63(49)90)123-56-30-41(18-23-53(56)104)64(91-3)81(115)93-51(79(113)97-68)27-39-15-20-45(122-58)21-16-39/h15-24,28-36,38,51,60,64-76,78,87-88,91,101-105,107-112H,6-14,25-27,37H2,1-5H3,(H,92,114)(H,93,115)(H,94,106)(H,95,117)(H,96,118)(H,97,113)(H,98,119)(H,99,116)(H,120,121)/t51-,60-,64+,65-,66-,67?,68+,69+,70-,71-,72-,73-,74+,75+,76+,78+,87-,88+/m1/s1. The number of phenols is 4. The summed E-state index contributed by atoms with van der Waals surface area (Å²) in [4.78, 5) is 140. The minimum atomic E-state index is -2.45. The number of fused-ring (bicyclic) bond motifs is 14. The summed E-state index contributed by atoms with van der Waals surface area (Å²) in [5.74, 6) is -17.5. The number of carbonyl (C=O) groups excluding carboxylic acids is 8. The van der Waals surface area contributed by atoms with E-state index in [9.17, 15) is 75.7 Å². The van der Waals surface area contributed by atoms with Crippen molar-refractivity contribution in [2.75, 3.05) is 40.8 Å². The second-order valence-electron chi connectivity index (χ2n) is 32.7. The molecule has 2 saturated heterocycles. The number of rotatable bonds is 22. The van der Waals surface area contributed by atoms with Gasteiger partial charge >= 0.3 is 5.97 Å². The third-order valence-corrected chi connectivity index (χ3v) is 23.4. The molecule has 0 radical (unpaired) electrons. The van der Waals surface area contributed by atoms with E-state index in [4.69, 9.17) is 56.4 Å². The van der Waals surface area contributed by atoms with Crippen molar-refractivity contribution in [3.63, 3.8) is 0 Å². The molecule has 17 bridgehead atoms. The number of hydrogen-bond donors (Lipinski definition) is 21. The largest absolute Gasteiger partial charge is 0.508 e. The molecule has 0 spiro atoms. The number of nitrogens with one attached hydrogen (secondary N) is 9. The number of aromatic hydroxyl groups is 4. The Kier molecular flexibility index (Phi) is 29.7. The van der Waals surface area contributed by atoms with Gasteiger partial charge in [-0.15, -0.1) is 0 Å². The predicted molar refractivity (Wildman–Crippen MR) is 452 cm³/mol. The topological polar surface area (TPSA) is 573 Å². The first-order valence-corrected chi connectivity index (χ1v) is 42.3. The van der Waals surface area contributed by atoms with Gasteiger partial charge in [0.15, 0.2) is 29.1 Å². The highest BCUT2D eigenvalue weighted by molar-refractivity contribution is 6.33. The Labute approximate surface area is 742 Å². The number of carboxylic acids is 1. The number of carbonyl (C=O) groups is 9. The SMILES string of the molecule is CN[C@@H]1C(=O)N[C@@H]2Cc3ccc(cc3)Oc3cc4cc(c3O[C@@H]3O[C@H](C(=O)O)[C@@H](O)[C@H](O)[C@H]3NC(=O)CCCCCCCCC(C)C)Oc3ccc(cc3Cl)[C@@H](O)[C@@H]3NC(=O)[C@H](NC(=O)[C@@H]4NC(=O)[C@@H](NC2=O)c2cc(cc(O)c2Cl)Oc2cc1ccc2O)c1ccc(O)c(c1)-c1c(O[C@H]2O[C@H](CO)[C@@H](O)[C@H](O)[C@@H]2O)cc(O)cc1C(C(=O)NCCCN(C)C)NC3=O. The maximum absolute atomic E-state index is 16.8. The fraction of sp³-hybridized carbons (Fsp3) is 0.420. The maximum Gasteiger partial charge on any atom is 0.335 e. The zero-order valence-electron chi connectivity index (χ0n) is 69.7. The van der Waals surface area contributed by atoms with Crippen molar-refractivity contribution in [1.29, 1.82) is 0 Å². The van der Waals surface area contributed by atoms with Gasteiger partial charge in [-0.2, -0.15) is 0 Å². The van der Waals surface area contributed by atoms with Crippen molar-refractivity contribution >= 4 is 76.4 Å². The van der Waals surface area contributed by atoms with Crippen LogP contribution in [0.15, 0.2) is 115 Å². The normalized spacial score (nSPS) is 25.8. The molecule has 38 nitrogen and oxygen atoms in total. The molecule has 1 unspecified atom stereocenters. The molecule has 15 rings (SSSR count).